The van der Waals surface area contributed by atoms with Crippen LogP contribution in [0.15, 0.2) is 28.9 Å². The van der Waals surface area contributed by atoms with Crippen LogP contribution in [0, 0.1) is 5.92 Å². The van der Waals surface area contributed by atoms with Crippen LogP contribution in [0.4, 0.5) is 11.4 Å². The highest BCUT2D eigenvalue weighted by Crippen LogP contribution is 2.28. The van der Waals surface area contributed by atoms with Crippen LogP contribution in [0.3, 0.4) is 0 Å². The molecular weight excluding hydrogens is 278 g/mol. The van der Waals surface area contributed by atoms with Crippen molar-refractivity contribution in [1.82, 2.24) is 4.98 Å². The molecule has 0 radical (unpaired) electrons. The molecular formula is C13H16BrN3. The molecule has 0 aliphatic rings. The third kappa shape index (κ3) is 2.69. The topological polar surface area (TPSA) is 50.9 Å². The van der Waals surface area contributed by atoms with Gasteiger partial charge in [-0.25, -0.2) is 0 Å². The fourth-order valence-corrected chi connectivity index (χ4v) is 1.99. The number of hydrogen-bond donors (Lipinski definition) is 2. The van der Waals surface area contributed by atoms with E-state index in [1.165, 1.54) is 0 Å². The van der Waals surface area contributed by atoms with E-state index in [9.17, 15) is 0 Å². The summed E-state index contributed by atoms with van der Waals surface area (Å²) in [6, 6.07) is 5.94. The number of nitrogens with one attached hydrogen (secondary N) is 1. The van der Waals surface area contributed by atoms with Gasteiger partial charge in [0.05, 0.1) is 23.1 Å². The highest BCUT2D eigenvalue weighted by molar-refractivity contribution is 9.10. The first-order valence-electron chi connectivity index (χ1n) is 5.65. The second-order valence-electron chi connectivity index (χ2n) is 4.52. The lowest BCUT2D eigenvalue weighted by atomic mass is 10.1. The predicted molar refractivity (Wildman–Crippen MR) is 77.2 cm³/mol. The summed E-state index contributed by atoms with van der Waals surface area (Å²) >= 11 is 3.43. The molecule has 0 amide bonds. The number of nitrogens with two attached hydrogens (primary N) is 1. The highest BCUT2D eigenvalue weighted by atomic mass is 79.9. The number of fused-ring (bicyclic) bond motifs is 1. The SMILES string of the molecule is CC(C)CNc1cnc2cc(Br)ccc2c1N. The van der Waals surface area contributed by atoms with Crippen molar-refractivity contribution in [2.24, 2.45) is 5.92 Å². The lowest BCUT2D eigenvalue weighted by molar-refractivity contribution is 0.689. The first kappa shape index (κ1) is 12.2. The first-order chi connectivity index (χ1) is 8.08. The Morgan fingerprint density at radius 3 is 2.88 bits per heavy atom. The minimum absolute atomic E-state index is 0.579. The fourth-order valence-electron chi connectivity index (χ4n) is 1.64. The van der Waals surface area contributed by atoms with Crippen molar-refractivity contribution in [3.8, 4) is 0 Å². The molecule has 90 valence electrons. The minimum Gasteiger partial charge on any atom is -0.396 e. The number of rotatable bonds is 3. The number of nitrogens with zero attached hydrogens (tertiary/aromatic N) is 1. The quantitative estimate of drug-likeness (QED) is 0.908. The number of pyridine rings is 1. The van der Waals surface area contributed by atoms with E-state index < -0.39 is 0 Å². The zero-order valence-corrected chi connectivity index (χ0v) is 11.6. The van der Waals surface area contributed by atoms with Gasteiger partial charge >= 0.3 is 0 Å². The molecule has 2 aromatic rings. The molecule has 1 aromatic heterocycles. The lowest BCUT2D eigenvalue weighted by Gasteiger charge is -2.12. The lowest BCUT2D eigenvalue weighted by Crippen LogP contribution is -2.10. The van der Waals surface area contributed by atoms with Gasteiger partial charge in [0.1, 0.15) is 0 Å². The minimum atomic E-state index is 0.579. The van der Waals surface area contributed by atoms with Gasteiger partial charge in [-0.05, 0) is 24.1 Å². The summed E-state index contributed by atoms with van der Waals surface area (Å²) in [7, 11) is 0. The maximum Gasteiger partial charge on any atom is 0.0767 e. The Morgan fingerprint density at radius 2 is 2.18 bits per heavy atom. The number of nitrogen functional groups attached to an aromatic ring is 1. The van der Waals surface area contributed by atoms with E-state index in [0.29, 0.717) is 5.92 Å². The van der Waals surface area contributed by atoms with Crippen LogP contribution >= 0.6 is 15.9 Å². The largest absolute Gasteiger partial charge is 0.396 e. The Morgan fingerprint density at radius 1 is 1.41 bits per heavy atom. The van der Waals surface area contributed by atoms with Gasteiger partial charge in [-0.3, -0.25) is 4.98 Å². The molecule has 3 N–H and O–H groups in total. The summed E-state index contributed by atoms with van der Waals surface area (Å²) < 4.78 is 1.01. The van der Waals surface area contributed by atoms with Gasteiger partial charge in [0.2, 0.25) is 0 Å². The van der Waals surface area contributed by atoms with Gasteiger partial charge in [0.15, 0.2) is 0 Å². The Kier molecular flexibility index (Phi) is 3.52. The van der Waals surface area contributed by atoms with E-state index in [1.807, 2.05) is 18.2 Å². The number of hydrogen-bond acceptors (Lipinski definition) is 3. The molecule has 1 aromatic carbocycles. The smallest absolute Gasteiger partial charge is 0.0767 e. The molecule has 0 atom stereocenters. The van der Waals surface area contributed by atoms with Crippen LogP contribution in [-0.2, 0) is 0 Å². The zero-order chi connectivity index (χ0) is 12.4. The van der Waals surface area contributed by atoms with Crippen LogP contribution in [0.2, 0.25) is 0 Å². The van der Waals surface area contributed by atoms with E-state index >= 15 is 0 Å². The monoisotopic (exact) mass is 293 g/mol. The Bertz CT molecular complexity index is 537. The van der Waals surface area contributed by atoms with Crippen LogP contribution in [-0.4, -0.2) is 11.5 Å². The molecule has 0 bridgehead atoms. The van der Waals surface area contributed by atoms with Gasteiger partial charge < -0.3 is 11.1 Å². The normalized spacial score (nSPS) is 11.1. The fraction of sp³-hybridized carbons (Fsp3) is 0.308. The number of anilines is 2. The second kappa shape index (κ2) is 4.92. The summed E-state index contributed by atoms with van der Waals surface area (Å²) in [5.41, 5.74) is 8.72. The van der Waals surface area contributed by atoms with Gasteiger partial charge in [0.25, 0.3) is 0 Å². The van der Waals surface area contributed by atoms with Crippen LogP contribution in [0.25, 0.3) is 10.9 Å². The van der Waals surface area contributed by atoms with Gasteiger partial charge in [-0.2, -0.15) is 0 Å². The molecule has 2 rings (SSSR count). The highest BCUT2D eigenvalue weighted by Gasteiger charge is 2.06. The standard InChI is InChI=1S/C13H16BrN3/c1-8(2)6-16-12-7-17-11-5-9(14)3-4-10(11)13(12)15/h3-5,7-8,16H,6H2,1-2H3,(H2,15,17). The predicted octanol–water partition coefficient (Wildman–Crippen LogP) is 3.65. The maximum atomic E-state index is 6.14. The molecule has 0 unspecified atom stereocenters. The summed E-state index contributed by atoms with van der Waals surface area (Å²) in [6.45, 7) is 5.22. The van der Waals surface area contributed by atoms with Gasteiger partial charge in [0, 0.05) is 16.4 Å². The average Bonchev–Trinajstić information content (AvgIpc) is 2.27. The molecule has 1 heterocycles. The van der Waals surface area contributed by atoms with Gasteiger partial charge in [-0.15, -0.1) is 0 Å². The molecule has 0 fully saturated rings. The third-order valence-electron chi connectivity index (χ3n) is 2.57. The number of halogens is 1. The zero-order valence-electron chi connectivity index (χ0n) is 10.00. The average molecular weight is 294 g/mol. The number of aromatic nitrogens is 1. The van der Waals surface area contributed by atoms with Crippen LogP contribution in [0.5, 0.6) is 0 Å². The van der Waals surface area contributed by atoms with Crippen molar-refractivity contribution in [3.63, 3.8) is 0 Å². The van der Waals surface area contributed by atoms with Crippen molar-refractivity contribution in [2.75, 3.05) is 17.6 Å². The molecule has 4 heteroatoms. The van der Waals surface area contributed by atoms with Gasteiger partial charge in [-0.1, -0.05) is 29.8 Å². The second-order valence-corrected chi connectivity index (χ2v) is 5.44. The molecule has 0 saturated heterocycles. The van der Waals surface area contributed by atoms with Crippen molar-refractivity contribution in [2.45, 2.75) is 13.8 Å². The molecule has 17 heavy (non-hydrogen) atoms. The van der Waals surface area contributed by atoms with Crippen molar-refractivity contribution in [1.29, 1.82) is 0 Å². The first-order valence-corrected chi connectivity index (χ1v) is 6.45. The summed E-state index contributed by atoms with van der Waals surface area (Å²) in [6.07, 6.45) is 1.80. The molecule has 0 aliphatic heterocycles. The summed E-state index contributed by atoms with van der Waals surface area (Å²) in [4.78, 5) is 4.41. The van der Waals surface area contributed by atoms with Crippen molar-refractivity contribution >= 4 is 38.2 Å². The summed E-state index contributed by atoms with van der Waals surface area (Å²) in [5.74, 6) is 0.579. The van der Waals surface area contributed by atoms with E-state index in [-0.39, 0.29) is 0 Å². The van der Waals surface area contributed by atoms with Crippen molar-refractivity contribution in [3.05, 3.63) is 28.9 Å². The molecule has 3 nitrogen and oxygen atoms in total. The van der Waals surface area contributed by atoms with Crippen LogP contribution in [0.1, 0.15) is 13.8 Å². The maximum absolute atomic E-state index is 6.14. The van der Waals surface area contributed by atoms with E-state index in [1.54, 1.807) is 6.20 Å². The number of benzene rings is 1. The van der Waals surface area contributed by atoms with E-state index in [0.717, 1.165) is 33.3 Å². The molecule has 0 saturated carbocycles. The van der Waals surface area contributed by atoms with Crippen molar-refractivity contribution < 1.29 is 0 Å². The van der Waals surface area contributed by atoms with Crippen LogP contribution < -0.4 is 11.1 Å². The van der Waals surface area contributed by atoms with E-state index in [2.05, 4.69) is 40.1 Å². The Balaban J connectivity index is 2.40. The third-order valence-corrected chi connectivity index (χ3v) is 3.07. The molecule has 0 spiro atoms. The summed E-state index contributed by atoms with van der Waals surface area (Å²) in [5, 5.41) is 4.31. The van der Waals surface area contributed by atoms with E-state index in [4.69, 9.17) is 5.73 Å². The Labute approximate surface area is 110 Å². The molecule has 0 aliphatic carbocycles. The Hall–Kier alpha value is -1.29.